The van der Waals surface area contributed by atoms with Crippen molar-refractivity contribution in [1.29, 1.82) is 0 Å². The molecular weight excluding hydrogens is 262 g/mol. The number of halogens is 1. The van der Waals surface area contributed by atoms with Crippen LogP contribution in [-0.2, 0) is 6.42 Å². The number of allylic oxidation sites excluding steroid dienone is 1. The lowest BCUT2D eigenvalue weighted by Crippen LogP contribution is -2.11. The van der Waals surface area contributed by atoms with Gasteiger partial charge >= 0.3 is 0 Å². The SMILES string of the molecule is CC(C)CCc1nc(Cl)nc(C2=C[C@@H](O)CCC2)n1. The van der Waals surface area contributed by atoms with Gasteiger partial charge < -0.3 is 5.11 Å². The summed E-state index contributed by atoms with van der Waals surface area (Å²) in [5, 5.41) is 9.92. The molecule has 1 atom stereocenters. The van der Waals surface area contributed by atoms with Crippen LogP contribution in [0.4, 0.5) is 0 Å². The van der Waals surface area contributed by atoms with E-state index in [0.29, 0.717) is 11.7 Å². The molecule has 1 aliphatic carbocycles. The zero-order chi connectivity index (χ0) is 13.8. The lowest BCUT2D eigenvalue weighted by atomic mass is 9.97. The van der Waals surface area contributed by atoms with E-state index in [4.69, 9.17) is 11.6 Å². The van der Waals surface area contributed by atoms with Gasteiger partial charge in [-0.05, 0) is 54.9 Å². The lowest BCUT2D eigenvalue weighted by Gasteiger charge is -2.16. The minimum atomic E-state index is -0.390. The zero-order valence-corrected chi connectivity index (χ0v) is 12.2. The van der Waals surface area contributed by atoms with Crippen LogP contribution < -0.4 is 0 Å². The van der Waals surface area contributed by atoms with Crippen LogP contribution in [0.3, 0.4) is 0 Å². The molecule has 0 unspecified atom stereocenters. The summed E-state index contributed by atoms with van der Waals surface area (Å²) in [4.78, 5) is 12.8. The first kappa shape index (κ1) is 14.4. The maximum atomic E-state index is 9.68. The zero-order valence-electron chi connectivity index (χ0n) is 11.4. The van der Waals surface area contributed by atoms with Crippen LogP contribution >= 0.6 is 11.6 Å². The first-order valence-electron chi connectivity index (χ1n) is 6.84. The Morgan fingerprint density at radius 3 is 2.84 bits per heavy atom. The molecule has 0 amide bonds. The van der Waals surface area contributed by atoms with Gasteiger partial charge in [0.2, 0.25) is 5.28 Å². The third kappa shape index (κ3) is 4.25. The van der Waals surface area contributed by atoms with Crippen LogP contribution in [-0.4, -0.2) is 26.2 Å². The van der Waals surface area contributed by atoms with E-state index in [9.17, 15) is 5.11 Å². The van der Waals surface area contributed by atoms with Crippen molar-refractivity contribution in [1.82, 2.24) is 15.0 Å². The molecule has 0 fully saturated rings. The van der Waals surface area contributed by atoms with Crippen LogP contribution in [0.25, 0.3) is 5.57 Å². The molecule has 0 radical (unpaired) electrons. The molecule has 0 aromatic carbocycles. The summed E-state index contributed by atoms with van der Waals surface area (Å²) < 4.78 is 0. The lowest BCUT2D eigenvalue weighted by molar-refractivity contribution is 0.206. The standard InChI is InChI=1S/C14H20ClN3O/c1-9(2)6-7-12-16-13(18-14(15)17-12)10-4-3-5-11(19)8-10/h8-9,11,19H,3-7H2,1-2H3/t11-/m0/s1. The quantitative estimate of drug-likeness (QED) is 0.921. The van der Waals surface area contributed by atoms with Gasteiger partial charge in [-0.15, -0.1) is 0 Å². The fraction of sp³-hybridized carbons (Fsp3) is 0.643. The summed E-state index contributed by atoms with van der Waals surface area (Å²) in [6.07, 6.45) is 5.94. The maximum Gasteiger partial charge on any atom is 0.226 e. The number of hydrogen-bond donors (Lipinski definition) is 1. The first-order chi connectivity index (χ1) is 9.04. The molecule has 0 bridgehead atoms. The van der Waals surface area contributed by atoms with Gasteiger partial charge in [0, 0.05) is 6.42 Å². The van der Waals surface area contributed by atoms with E-state index >= 15 is 0 Å². The number of aromatic nitrogens is 3. The largest absolute Gasteiger partial charge is 0.389 e. The van der Waals surface area contributed by atoms with Crippen LogP contribution in [0, 0.1) is 5.92 Å². The van der Waals surface area contributed by atoms with Crippen molar-refractivity contribution in [3.8, 4) is 0 Å². The van der Waals surface area contributed by atoms with E-state index in [1.165, 1.54) is 0 Å². The Labute approximate surface area is 119 Å². The molecule has 19 heavy (non-hydrogen) atoms. The Balaban J connectivity index is 2.21. The second-order valence-corrected chi connectivity index (χ2v) is 5.77. The predicted molar refractivity (Wildman–Crippen MR) is 75.8 cm³/mol. The molecule has 0 aliphatic heterocycles. The summed E-state index contributed by atoms with van der Waals surface area (Å²) >= 11 is 5.97. The van der Waals surface area contributed by atoms with Crippen LogP contribution in [0.5, 0.6) is 0 Å². The Kier molecular flexibility index (Phi) is 4.88. The van der Waals surface area contributed by atoms with Gasteiger partial charge in [0.25, 0.3) is 0 Å². The molecule has 0 spiro atoms. The maximum absolute atomic E-state index is 9.68. The molecule has 1 aromatic heterocycles. The predicted octanol–water partition coefficient (Wildman–Crippen LogP) is 3.04. The van der Waals surface area contributed by atoms with Gasteiger partial charge in [0.1, 0.15) is 5.82 Å². The minimum absolute atomic E-state index is 0.240. The van der Waals surface area contributed by atoms with Crippen molar-refractivity contribution in [2.75, 3.05) is 0 Å². The van der Waals surface area contributed by atoms with E-state index < -0.39 is 6.10 Å². The van der Waals surface area contributed by atoms with Crippen molar-refractivity contribution >= 4 is 17.2 Å². The van der Waals surface area contributed by atoms with E-state index in [2.05, 4.69) is 28.8 Å². The van der Waals surface area contributed by atoms with Crippen LogP contribution in [0.1, 0.15) is 51.2 Å². The first-order valence-corrected chi connectivity index (χ1v) is 7.22. The smallest absolute Gasteiger partial charge is 0.226 e. The van der Waals surface area contributed by atoms with Gasteiger partial charge in [-0.2, -0.15) is 4.98 Å². The summed E-state index contributed by atoms with van der Waals surface area (Å²) in [7, 11) is 0. The van der Waals surface area contributed by atoms with Crippen molar-refractivity contribution in [3.63, 3.8) is 0 Å². The molecule has 104 valence electrons. The molecule has 1 heterocycles. The molecule has 1 aliphatic rings. The number of aryl methyl sites for hydroxylation is 1. The third-order valence-electron chi connectivity index (χ3n) is 3.23. The number of aliphatic hydroxyl groups is 1. The van der Waals surface area contributed by atoms with Crippen molar-refractivity contribution in [3.05, 3.63) is 23.0 Å². The van der Waals surface area contributed by atoms with Crippen molar-refractivity contribution in [2.45, 2.75) is 52.1 Å². The highest BCUT2D eigenvalue weighted by molar-refractivity contribution is 6.28. The molecule has 1 aromatic rings. The second-order valence-electron chi connectivity index (χ2n) is 5.43. The summed E-state index contributed by atoms with van der Waals surface area (Å²) in [6.45, 7) is 4.34. The van der Waals surface area contributed by atoms with Gasteiger partial charge in [0.15, 0.2) is 5.82 Å². The number of nitrogens with zero attached hydrogens (tertiary/aromatic N) is 3. The second kappa shape index (κ2) is 6.44. The Hall–Kier alpha value is -1.00. The molecule has 0 saturated heterocycles. The highest BCUT2D eigenvalue weighted by Gasteiger charge is 2.16. The Morgan fingerprint density at radius 2 is 2.16 bits per heavy atom. The minimum Gasteiger partial charge on any atom is -0.389 e. The highest BCUT2D eigenvalue weighted by atomic mass is 35.5. The number of aliphatic hydroxyl groups excluding tert-OH is 1. The van der Waals surface area contributed by atoms with E-state index in [-0.39, 0.29) is 5.28 Å². The van der Waals surface area contributed by atoms with Gasteiger partial charge in [-0.25, -0.2) is 9.97 Å². The topological polar surface area (TPSA) is 58.9 Å². The molecule has 4 nitrogen and oxygen atoms in total. The Morgan fingerprint density at radius 1 is 1.37 bits per heavy atom. The molecule has 0 saturated carbocycles. The van der Waals surface area contributed by atoms with Gasteiger partial charge in [0.05, 0.1) is 6.10 Å². The average molecular weight is 282 g/mol. The third-order valence-corrected chi connectivity index (χ3v) is 3.40. The van der Waals surface area contributed by atoms with Gasteiger partial charge in [-0.3, -0.25) is 0 Å². The summed E-state index contributed by atoms with van der Waals surface area (Å²) in [5.41, 5.74) is 0.980. The van der Waals surface area contributed by atoms with E-state index in [1.807, 2.05) is 6.08 Å². The van der Waals surface area contributed by atoms with Crippen LogP contribution in [0.15, 0.2) is 6.08 Å². The van der Waals surface area contributed by atoms with E-state index in [0.717, 1.165) is 43.5 Å². The highest BCUT2D eigenvalue weighted by Crippen LogP contribution is 2.25. The Bertz CT molecular complexity index is 474. The number of rotatable bonds is 4. The van der Waals surface area contributed by atoms with Crippen molar-refractivity contribution < 1.29 is 5.11 Å². The van der Waals surface area contributed by atoms with Crippen molar-refractivity contribution in [2.24, 2.45) is 5.92 Å². The average Bonchev–Trinajstić information content (AvgIpc) is 2.36. The van der Waals surface area contributed by atoms with Gasteiger partial charge in [-0.1, -0.05) is 13.8 Å². The van der Waals surface area contributed by atoms with E-state index in [1.54, 1.807) is 0 Å². The summed E-state index contributed by atoms with van der Waals surface area (Å²) in [6, 6.07) is 0. The number of hydrogen-bond acceptors (Lipinski definition) is 4. The monoisotopic (exact) mass is 281 g/mol. The summed E-state index contributed by atoms with van der Waals surface area (Å²) in [5.74, 6) is 1.97. The fourth-order valence-electron chi connectivity index (χ4n) is 2.15. The molecule has 1 N–H and O–H groups in total. The fourth-order valence-corrected chi connectivity index (χ4v) is 2.33. The normalized spacial score (nSPS) is 19.6. The molecule has 2 rings (SSSR count). The molecule has 5 heteroatoms. The molecular formula is C14H20ClN3O. The van der Waals surface area contributed by atoms with Crippen LogP contribution in [0.2, 0.25) is 5.28 Å².